The molecular formula is C16H30N2O2. The van der Waals surface area contributed by atoms with Crippen molar-refractivity contribution in [1.29, 1.82) is 0 Å². The molecule has 0 aromatic heterocycles. The number of rotatable bonds is 4. The first-order valence-corrected chi connectivity index (χ1v) is 8.20. The van der Waals surface area contributed by atoms with Crippen LogP contribution >= 0.6 is 0 Å². The van der Waals surface area contributed by atoms with E-state index in [-0.39, 0.29) is 11.9 Å². The maximum atomic E-state index is 12.3. The number of hydrogen-bond acceptors (Lipinski definition) is 3. The van der Waals surface area contributed by atoms with Crippen molar-refractivity contribution in [2.24, 2.45) is 0 Å². The highest BCUT2D eigenvalue weighted by molar-refractivity contribution is 5.81. The van der Waals surface area contributed by atoms with Gasteiger partial charge in [0.2, 0.25) is 5.91 Å². The third-order valence-corrected chi connectivity index (χ3v) is 5.22. The maximum Gasteiger partial charge on any atom is 0.237 e. The molecule has 1 saturated carbocycles. The average Bonchev–Trinajstić information content (AvgIpc) is 2.76. The predicted molar refractivity (Wildman–Crippen MR) is 80.5 cm³/mol. The fourth-order valence-corrected chi connectivity index (χ4v) is 3.90. The number of hydrogen-bond donors (Lipinski definition) is 2. The molecule has 0 bridgehead atoms. The summed E-state index contributed by atoms with van der Waals surface area (Å²) in [6.45, 7) is 6.79. The molecule has 0 spiro atoms. The van der Waals surface area contributed by atoms with Crippen molar-refractivity contribution in [3.63, 3.8) is 0 Å². The first-order chi connectivity index (χ1) is 9.43. The molecule has 3 atom stereocenters. The van der Waals surface area contributed by atoms with Crippen molar-refractivity contribution >= 4 is 5.91 Å². The largest absolute Gasteiger partial charge is 0.388 e. The highest BCUT2D eigenvalue weighted by Crippen LogP contribution is 2.28. The van der Waals surface area contributed by atoms with E-state index in [1.165, 1.54) is 19.3 Å². The summed E-state index contributed by atoms with van der Waals surface area (Å²) in [5.74, 6) is 0.0598. The molecule has 116 valence electrons. The van der Waals surface area contributed by atoms with Crippen LogP contribution in [-0.2, 0) is 4.79 Å². The molecule has 0 aromatic carbocycles. The topological polar surface area (TPSA) is 52.6 Å². The second kappa shape index (κ2) is 6.44. The molecule has 2 N–H and O–H groups in total. The van der Waals surface area contributed by atoms with Crippen LogP contribution in [0, 0.1) is 0 Å². The zero-order chi connectivity index (χ0) is 14.8. The number of nitrogens with zero attached hydrogens (tertiary/aromatic N) is 1. The van der Waals surface area contributed by atoms with Gasteiger partial charge in [-0.1, -0.05) is 19.3 Å². The maximum absolute atomic E-state index is 12.3. The Labute approximate surface area is 122 Å². The highest BCUT2D eigenvalue weighted by atomic mass is 16.3. The van der Waals surface area contributed by atoms with Crippen molar-refractivity contribution in [1.82, 2.24) is 10.2 Å². The Morgan fingerprint density at radius 3 is 2.35 bits per heavy atom. The summed E-state index contributed by atoms with van der Waals surface area (Å²) < 4.78 is 0. The van der Waals surface area contributed by atoms with Gasteiger partial charge in [0.15, 0.2) is 0 Å². The third-order valence-electron chi connectivity index (χ3n) is 5.22. The molecule has 2 rings (SSSR count). The summed E-state index contributed by atoms with van der Waals surface area (Å²) in [5, 5.41) is 13.4. The monoisotopic (exact) mass is 282 g/mol. The van der Waals surface area contributed by atoms with E-state index in [0.717, 1.165) is 25.7 Å². The summed E-state index contributed by atoms with van der Waals surface area (Å²) in [7, 11) is 0. The van der Waals surface area contributed by atoms with E-state index >= 15 is 0 Å². The van der Waals surface area contributed by atoms with Crippen molar-refractivity contribution in [2.75, 3.05) is 6.54 Å². The molecule has 2 aliphatic rings. The van der Waals surface area contributed by atoms with Crippen LogP contribution in [0.4, 0.5) is 0 Å². The number of amides is 1. The summed E-state index contributed by atoms with van der Waals surface area (Å²) in [6, 6.07) is 0.849. The van der Waals surface area contributed by atoms with Gasteiger partial charge in [-0.15, -0.1) is 0 Å². The van der Waals surface area contributed by atoms with Crippen LogP contribution in [-0.4, -0.2) is 46.2 Å². The van der Waals surface area contributed by atoms with Crippen LogP contribution < -0.4 is 5.32 Å². The minimum Gasteiger partial charge on any atom is -0.388 e. The minimum atomic E-state index is -0.671. The molecule has 0 radical (unpaired) electrons. The van der Waals surface area contributed by atoms with Gasteiger partial charge in [-0.2, -0.15) is 0 Å². The lowest BCUT2D eigenvalue weighted by Gasteiger charge is -2.35. The Hall–Kier alpha value is -0.610. The first kappa shape index (κ1) is 15.8. The molecule has 2 fully saturated rings. The van der Waals surface area contributed by atoms with Crippen molar-refractivity contribution in [3.8, 4) is 0 Å². The standard InChI is InChI=1S/C16H30N2O2/c1-12-7-8-13(2)18(12)14(3)15(19)17-11-16(20)9-5-4-6-10-16/h12-14,20H,4-11H2,1-3H3,(H,17,19). The molecule has 20 heavy (non-hydrogen) atoms. The average molecular weight is 282 g/mol. The van der Waals surface area contributed by atoms with Crippen molar-refractivity contribution in [2.45, 2.75) is 89.4 Å². The zero-order valence-corrected chi connectivity index (χ0v) is 13.2. The van der Waals surface area contributed by atoms with Gasteiger partial charge in [-0.3, -0.25) is 9.69 Å². The van der Waals surface area contributed by atoms with Crippen LogP contribution in [0.25, 0.3) is 0 Å². The lowest BCUT2D eigenvalue weighted by molar-refractivity contribution is -0.128. The number of nitrogens with one attached hydrogen (secondary N) is 1. The van der Waals surface area contributed by atoms with E-state index < -0.39 is 5.60 Å². The lowest BCUT2D eigenvalue weighted by atomic mass is 9.85. The van der Waals surface area contributed by atoms with Gasteiger partial charge in [0.1, 0.15) is 0 Å². The molecule has 1 aliphatic heterocycles. The lowest BCUT2D eigenvalue weighted by Crippen LogP contribution is -2.52. The minimum absolute atomic E-state index is 0.0598. The summed E-state index contributed by atoms with van der Waals surface area (Å²) in [4.78, 5) is 14.6. The molecule has 3 unspecified atom stereocenters. The smallest absolute Gasteiger partial charge is 0.237 e. The van der Waals surface area contributed by atoms with Crippen molar-refractivity contribution < 1.29 is 9.90 Å². The van der Waals surface area contributed by atoms with E-state index in [0.29, 0.717) is 18.6 Å². The van der Waals surface area contributed by atoms with E-state index in [1.807, 2.05) is 6.92 Å². The Morgan fingerprint density at radius 2 is 1.80 bits per heavy atom. The van der Waals surface area contributed by atoms with Crippen LogP contribution in [0.2, 0.25) is 0 Å². The molecule has 1 heterocycles. The van der Waals surface area contributed by atoms with Gasteiger partial charge >= 0.3 is 0 Å². The molecular weight excluding hydrogens is 252 g/mol. The fraction of sp³-hybridized carbons (Fsp3) is 0.938. The molecule has 1 aliphatic carbocycles. The number of carbonyl (C=O) groups is 1. The highest BCUT2D eigenvalue weighted by Gasteiger charge is 2.35. The normalized spacial score (nSPS) is 32.0. The second-order valence-corrected chi connectivity index (χ2v) is 6.90. The van der Waals surface area contributed by atoms with Crippen LogP contribution in [0.15, 0.2) is 0 Å². The molecule has 1 amide bonds. The van der Waals surface area contributed by atoms with Gasteiger partial charge in [0.05, 0.1) is 11.6 Å². The van der Waals surface area contributed by atoms with Gasteiger partial charge in [0, 0.05) is 18.6 Å². The molecule has 4 nitrogen and oxygen atoms in total. The van der Waals surface area contributed by atoms with E-state index in [4.69, 9.17) is 0 Å². The first-order valence-electron chi connectivity index (χ1n) is 8.20. The predicted octanol–water partition coefficient (Wildman–Crippen LogP) is 2.06. The Kier molecular flexibility index (Phi) is 5.08. The zero-order valence-electron chi connectivity index (χ0n) is 13.2. The van der Waals surface area contributed by atoms with E-state index in [1.54, 1.807) is 0 Å². The summed E-state index contributed by atoms with van der Waals surface area (Å²) >= 11 is 0. The van der Waals surface area contributed by atoms with Gasteiger partial charge in [0.25, 0.3) is 0 Å². The van der Waals surface area contributed by atoms with Gasteiger partial charge < -0.3 is 10.4 Å². The summed E-state index contributed by atoms with van der Waals surface area (Å²) in [6.07, 6.45) is 7.32. The van der Waals surface area contributed by atoms with Crippen LogP contribution in [0.3, 0.4) is 0 Å². The Balaban J connectivity index is 1.85. The van der Waals surface area contributed by atoms with E-state index in [9.17, 15) is 9.90 Å². The number of likely N-dealkylation sites (tertiary alicyclic amines) is 1. The SMILES string of the molecule is CC1CCC(C)N1C(C)C(=O)NCC1(O)CCCCC1. The van der Waals surface area contributed by atoms with Gasteiger partial charge in [-0.05, 0) is 46.5 Å². The third kappa shape index (κ3) is 3.53. The molecule has 1 saturated heterocycles. The quantitative estimate of drug-likeness (QED) is 0.830. The van der Waals surface area contributed by atoms with Crippen LogP contribution in [0.5, 0.6) is 0 Å². The fourth-order valence-electron chi connectivity index (χ4n) is 3.90. The van der Waals surface area contributed by atoms with Crippen LogP contribution in [0.1, 0.15) is 65.7 Å². The second-order valence-electron chi connectivity index (χ2n) is 6.90. The van der Waals surface area contributed by atoms with E-state index in [2.05, 4.69) is 24.1 Å². The molecule has 0 aromatic rings. The Morgan fingerprint density at radius 1 is 1.25 bits per heavy atom. The van der Waals surface area contributed by atoms with Gasteiger partial charge in [-0.25, -0.2) is 0 Å². The van der Waals surface area contributed by atoms with Crippen molar-refractivity contribution in [3.05, 3.63) is 0 Å². The number of aliphatic hydroxyl groups is 1. The number of carbonyl (C=O) groups excluding carboxylic acids is 1. The Bertz CT molecular complexity index is 329. The molecule has 4 heteroatoms. The summed E-state index contributed by atoms with van der Waals surface area (Å²) in [5.41, 5.74) is -0.671.